The second kappa shape index (κ2) is 6.40. The van der Waals surface area contributed by atoms with E-state index in [1.54, 1.807) is 11.4 Å². The molecule has 1 saturated heterocycles. The smallest absolute Gasteiger partial charge is 0.219 e. The highest BCUT2D eigenvalue weighted by Gasteiger charge is 2.22. The monoisotopic (exact) mass is 339 g/mol. The summed E-state index contributed by atoms with van der Waals surface area (Å²) in [4.78, 5) is 14.0. The number of tetrazole rings is 1. The van der Waals surface area contributed by atoms with E-state index >= 15 is 0 Å². The van der Waals surface area contributed by atoms with Gasteiger partial charge in [-0.15, -0.1) is 5.10 Å². The molecule has 7 heteroatoms. The molecule has 2 aromatic heterocycles. The third kappa shape index (κ3) is 3.07. The number of aromatic nitrogens is 4. The molecular formula is C18H21N5O2. The molecule has 1 atom stereocenters. The normalized spacial score (nSPS) is 17.4. The molecule has 3 heterocycles. The molecule has 0 N–H and O–H groups in total. The molecule has 130 valence electrons. The number of nitrogens with zero attached hydrogens (tertiary/aromatic N) is 5. The van der Waals surface area contributed by atoms with E-state index in [2.05, 4.69) is 39.8 Å². The van der Waals surface area contributed by atoms with Gasteiger partial charge in [0.2, 0.25) is 5.91 Å². The molecule has 1 aromatic carbocycles. The Morgan fingerprint density at radius 2 is 2.28 bits per heavy atom. The molecule has 1 fully saturated rings. The molecule has 4 rings (SSSR count). The van der Waals surface area contributed by atoms with Gasteiger partial charge in [-0.3, -0.25) is 4.79 Å². The van der Waals surface area contributed by atoms with Crippen LogP contribution in [0.1, 0.15) is 30.9 Å². The van der Waals surface area contributed by atoms with Crippen LogP contribution in [-0.4, -0.2) is 50.1 Å². The molecule has 0 radical (unpaired) electrons. The van der Waals surface area contributed by atoms with Crippen molar-refractivity contribution >= 4 is 22.5 Å². The molecule has 0 spiro atoms. The molecule has 3 aromatic rings. The summed E-state index contributed by atoms with van der Waals surface area (Å²) < 4.78 is 7.44. The Kier molecular flexibility index (Phi) is 4.09. The average Bonchev–Trinajstić information content (AvgIpc) is 3.26. The number of fused-ring (bicyclic) bond motifs is 3. The maximum atomic E-state index is 12.1. The van der Waals surface area contributed by atoms with Crippen molar-refractivity contribution in [3.8, 4) is 0 Å². The number of rotatable bonds is 4. The van der Waals surface area contributed by atoms with E-state index in [9.17, 15) is 4.79 Å². The first kappa shape index (κ1) is 16.0. The number of hydrogen-bond acceptors (Lipinski definition) is 5. The van der Waals surface area contributed by atoms with Gasteiger partial charge in [0.1, 0.15) is 0 Å². The molecule has 1 aliphatic rings. The van der Waals surface area contributed by atoms with E-state index in [0.29, 0.717) is 18.7 Å². The molecule has 1 amide bonds. The number of hydrogen-bond donors (Lipinski definition) is 0. The first-order valence-corrected chi connectivity index (χ1v) is 8.59. The van der Waals surface area contributed by atoms with Gasteiger partial charge >= 0.3 is 0 Å². The van der Waals surface area contributed by atoms with Crippen molar-refractivity contribution in [3.05, 3.63) is 35.4 Å². The molecular weight excluding hydrogens is 318 g/mol. The summed E-state index contributed by atoms with van der Waals surface area (Å²) in [7, 11) is 0. The van der Waals surface area contributed by atoms with Crippen molar-refractivity contribution in [1.82, 2.24) is 24.9 Å². The third-order valence-electron chi connectivity index (χ3n) is 4.76. The predicted molar refractivity (Wildman–Crippen MR) is 93.1 cm³/mol. The van der Waals surface area contributed by atoms with Crippen LogP contribution >= 0.6 is 0 Å². The molecule has 1 aliphatic heterocycles. The van der Waals surface area contributed by atoms with Gasteiger partial charge in [-0.1, -0.05) is 12.1 Å². The lowest BCUT2D eigenvalue weighted by atomic mass is 10.1. The number of amides is 1. The SMILES string of the molecule is CC(=O)N(Cc1cc2ccc(C)cc2n2nnnc12)C[C@@H]1CCCO1. The summed E-state index contributed by atoms with van der Waals surface area (Å²) in [5.41, 5.74) is 3.75. The number of ether oxygens (including phenoxy) is 1. The van der Waals surface area contributed by atoms with Crippen LogP contribution in [0.3, 0.4) is 0 Å². The van der Waals surface area contributed by atoms with Gasteiger partial charge in [0.05, 0.1) is 11.6 Å². The number of pyridine rings is 1. The topological polar surface area (TPSA) is 72.6 Å². The van der Waals surface area contributed by atoms with Crippen LogP contribution in [0.5, 0.6) is 0 Å². The van der Waals surface area contributed by atoms with Crippen LogP contribution in [-0.2, 0) is 16.1 Å². The summed E-state index contributed by atoms with van der Waals surface area (Å²) in [5, 5.41) is 13.2. The van der Waals surface area contributed by atoms with Crippen LogP contribution in [0.2, 0.25) is 0 Å². The van der Waals surface area contributed by atoms with E-state index in [1.165, 1.54) is 0 Å². The zero-order chi connectivity index (χ0) is 17.4. The van der Waals surface area contributed by atoms with Crippen LogP contribution < -0.4 is 0 Å². The Morgan fingerprint density at radius 1 is 1.40 bits per heavy atom. The fourth-order valence-electron chi connectivity index (χ4n) is 3.42. The minimum atomic E-state index is 0.0325. The first-order valence-electron chi connectivity index (χ1n) is 8.59. The largest absolute Gasteiger partial charge is 0.376 e. The van der Waals surface area contributed by atoms with Gasteiger partial charge in [-0.2, -0.15) is 4.52 Å². The minimum absolute atomic E-state index is 0.0325. The van der Waals surface area contributed by atoms with E-state index in [4.69, 9.17) is 4.74 Å². The van der Waals surface area contributed by atoms with E-state index in [-0.39, 0.29) is 12.0 Å². The van der Waals surface area contributed by atoms with Crippen LogP contribution in [0.25, 0.3) is 16.6 Å². The summed E-state index contributed by atoms with van der Waals surface area (Å²) in [6.45, 7) is 5.50. The standard InChI is InChI=1S/C18H21N5O2/c1-12-5-6-14-9-15(18-19-20-21-23(18)17(14)8-12)10-22(13(2)24)11-16-4-3-7-25-16/h5-6,8-9,16H,3-4,7,10-11H2,1-2H3/t16-/m0/s1. The highest BCUT2D eigenvalue weighted by atomic mass is 16.5. The molecule has 0 saturated carbocycles. The number of aryl methyl sites for hydroxylation is 1. The first-order chi connectivity index (χ1) is 12.1. The zero-order valence-electron chi connectivity index (χ0n) is 14.5. The van der Waals surface area contributed by atoms with Crippen molar-refractivity contribution in [2.75, 3.05) is 13.2 Å². The lowest BCUT2D eigenvalue weighted by Crippen LogP contribution is -2.35. The maximum absolute atomic E-state index is 12.1. The van der Waals surface area contributed by atoms with Crippen molar-refractivity contribution in [3.63, 3.8) is 0 Å². The molecule has 0 unspecified atom stereocenters. The van der Waals surface area contributed by atoms with Gasteiger partial charge in [0.15, 0.2) is 5.65 Å². The molecule has 7 nitrogen and oxygen atoms in total. The van der Waals surface area contributed by atoms with Gasteiger partial charge in [-0.25, -0.2) is 0 Å². The Balaban J connectivity index is 1.72. The second-order valence-electron chi connectivity index (χ2n) is 6.68. The van der Waals surface area contributed by atoms with Crippen molar-refractivity contribution in [2.45, 2.75) is 39.3 Å². The van der Waals surface area contributed by atoms with Crippen molar-refractivity contribution in [2.24, 2.45) is 0 Å². The summed E-state index contributed by atoms with van der Waals surface area (Å²) in [5.74, 6) is 0.0325. The van der Waals surface area contributed by atoms with Gasteiger partial charge in [0.25, 0.3) is 0 Å². The van der Waals surface area contributed by atoms with Crippen molar-refractivity contribution < 1.29 is 9.53 Å². The summed E-state index contributed by atoms with van der Waals surface area (Å²) in [6, 6.07) is 8.27. The Bertz CT molecular complexity index is 930. The maximum Gasteiger partial charge on any atom is 0.219 e. The van der Waals surface area contributed by atoms with E-state index < -0.39 is 0 Å². The minimum Gasteiger partial charge on any atom is -0.376 e. The third-order valence-corrected chi connectivity index (χ3v) is 4.76. The van der Waals surface area contributed by atoms with Crippen LogP contribution in [0.15, 0.2) is 24.3 Å². The number of carbonyl (C=O) groups is 1. The highest BCUT2D eigenvalue weighted by Crippen LogP contribution is 2.22. The highest BCUT2D eigenvalue weighted by molar-refractivity contribution is 5.84. The van der Waals surface area contributed by atoms with E-state index in [1.807, 2.05) is 11.8 Å². The molecule has 25 heavy (non-hydrogen) atoms. The lowest BCUT2D eigenvalue weighted by Gasteiger charge is -2.24. The predicted octanol–water partition coefficient (Wildman–Crippen LogP) is 2.11. The number of carbonyl (C=O) groups excluding carboxylic acids is 1. The Hall–Kier alpha value is -2.54. The van der Waals surface area contributed by atoms with Crippen molar-refractivity contribution in [1.29, 1.82) is 0 Å². The Labute approximate surface area is 145 Å². The second-order valence-corrected chi connectivity index (χ2v) is 6.68. The van der Waals surface area contributed by atoms with Crippen LogP contribution in [0.4, 0.5) is 0 Å². The van der Waals surface area contributed by atoms with Gasteiger partial charge in [-0.05, 0) is 47.9 Å². The fraction of sp³-hybridized carbons (Fsp3) is 0.444. The Morgan fingerprint density at radius 3 is 3.04 bits per heavy atom. The van der Waals surface area contributed by atoms with E-state index in [0.717, 1.165) is 41.5 Å². The zero-order valence-corrected chi connectivity index (χ0v) is 14.5. The quantitative estimate of drug-likeness (QED) is 0.728. The lowest BCUT2D eigenvalue weighted by molar-refractivity contribution is -0.131. The molecule has 0 aliphatic carbocycles. The number of benzene rings is 1. The van der Waals surface area contributed by atoms with Gasteiger partial charge in [0, 0.05) is 37.6 Å². The summed E-state index contributed by atoms with van der Waals surface area (Å²) in [6.07, 6.45) is 2.19. The molecule has 0 bridgehead atoms. The average molecular weight is 339 g/mol. The van der Waals surface area contributed by atoms with Crippen LogP contribution in [0, 0.1) is 6.92 Å². The van der Waals surface area contributed by atoms with Gasteiger partial charge < -0.3 is 9.64 Å². The summed E-state index contributed by atoms with van der Waals surface area (Å²) >= 11 is 0. The fourth-order valence-corrected chi connectivity index (χ4v) is 3.42.